The third-order valence-corrected chi connectivity index (χ3v) is 4.99. The molecule has 0 amide bonds. The maximum atomic E-state index is 3.94. The number of rotatable bonds is 4. The van der Waals surface area contributed by atoms with Crippen molar-refractivity contribution >= 4 is 0 Å². The lowest BCUT2D eigenvalue weighted by atomic mass is 9.86. The van der Waals surface area contributed by atoms with E-state index >= 15 is 0 Å². The van der Waals surface area contributed by atoms with Crippen LogP contribution in [0.25, 0.3) is 0 Å². The minimum absolute atomic E-state index is 0.626. The normalized spacial score (nSPS) is 34.7. The van der Waals surface area contributed by atoms with Crippen molar-refractivity contribution in [2.45, 2.75) is 57.5 Å². The van der Waals surface area contributed by atoms with E-state index in [1.165, 1.54) is 44.1 Å². The second-order valence-electron chi connectivity index (χ2n) is 6.06. The van der Waals surface area contributed by atoms with Crippen molar-refractivity contribution in [1.82, 2.24) is 5.32 Å². The van der Waals surface area contributed by atoms with Crippen LogP contribution in [0.2, 0.25) is 0 Å². The molecule has 3 rings (SSSR count). The maximum absolute atomic E-state index is 3.94. The summed E-state index contributed by atoms with van der Waals surface area (Å²) in [5.41, 5.74) is 1.51. The second-order valence-corrected chi connectivity index (χ2v) is 6.06. The molecule has 98 valence electrons. The molecule has 1 aliphatic heterocycles. The van der Waals surface area contributed by atoms with Gasteiger partial charge >= 0.3 is 0 Å². The van der Waals surface area contributed by atoms with Crippen molar-refractivity contribution in [3.63, 3.8) is 0 Å². The van der Waals surface area contributed by atoms with Crippen LogP contribution in [0.4, 0.5) is 0 Å². The average Bonchev–Trinajstić information content (AvgIpc) is 3.00. The molecule has 1 aliphatic carbocycles. The van der Waals surface area contributed by atoms with Gasteiger partial charge in [0.2, 0.25) is 0 Å². The van der Waals surface area contributed by atoms with Crippen LogP contribution in [-0.2, 0) is 0 Å². The van der Waals surface area contributed by atoms with Crippen LogP contribution in [0.5, 0.6) is 0 Å². The van der Waals surface area contributed by atoms with Gasteiger partial charge in [0.1, 0.15) is 0 Å². The van der Waals surface area contributed by atoms with E-state index in [4.69, 9.17) is 0 Å². The minimum atomic E-state index is 0.626. The summed E-state index contributed by atoms with van der Waals surface area (Å²) < 4.78 is 0. The Morgan fingerprint density at radius 3 is 2.67 bits per heavy atom. The predicted molar refractivity (Wildman–Crippen MR) is 76.5 cm³/mol. The topological polar surface area (TPSA) is 12.0 Å². The summed E-state index contributed by atoms with van der Waals surface area (Å²) in [5, 5.41) is 3.94. The van der Waals surface area contributed by atoms with E-state index in [1.54, 1.807) is 0 Å². The number of hydrogen-bond acceptors (Lipinski definition) is 1. The molecule has 1 N–H and O–H groups in total. The molecule has 1 nitrogen and oxygen atoms in total. The van der Waals surface area contributed by atoms with Gasteiger partial charge in [-0.15, -0.1) is 0 Å². The lowest BCUT2D eigenvalue weighted by molar-refractivity contribution is 0.380. The van der Waals surface area contributed by atoms with Crippen LogP contribution in [0.15, 0.2) is 30.3 Å². The Bertz CT molecular complexity index is 372. The molecule has 1 heteroatoms. The molecule has 0 unspecified atom stereocenters. The Hall–Kier alpha value is -0.820. The molecule has 4 atom stereocenters. The molecule has 0 aromatic heterocycles. The van der Waals surface area contributed by atoms with E-state index in [-0.39, 0.29) is 0 Å². The Balaban J connectivity index is 1.76. The van der Waals surface area contributed by atoms with Gasteiger partial charge in [0.25, 0.3) is 0 Å². The average molecular weight is 243 g/mol. The molecule has 1 saturated heterocycles. The Morgan fingerprint density at radius 1 is 1.11 bits per heavy atom. The van der Waals surface area contributed by atoms with Gasteiger partial charge in [-0.3, -0.25) is 0 Å². The standard InChI is InChI=1S/C17H25N/c1-2-3-12-16-14-10-7-11-15(14)17(18-16)13-8-5-4-6-9-13/h4-6,8-9,14-18H,2-3,7,10-12H2,1H3/t14-,15+,16+,17-/m1/s1. The molecule has 2 aliphatic rings. The van der Waals surface area contributed by atoms with E-state index < -0.39 is 0 Å². The van der Waals surface area contributed by atoms with Crippen LogP contribution < -0.4 is 5.32 Å². The largest absolute Gasteiger partial charge is 0.307 e. The quantitative estimate of drug-likeness (QED) is 0.831. The molecule has 2 fully saturated rings. The third-order valence-electron chi connectivity index (χ3n) is 4.99. The Labute approximate surface area is 111 Å². The molecule has 1 heterocycles. The first kappa shape index (κ1) is 12.2. The van der Waals surface area contributed by atoms with Crippen LogP contribution in [0.1, 0.15) is 57.1 Å². The molecule has 0 bridgehead atoms. The highest BCUT2D eigenvalue weighted by molar-refractivity contribution is 5.23. The van der Waals surface area contributed by atoms with Crippen LogP contribution in [0, 0.1) is 11.8 Å². The zero-order chi connectivity index (χ0) is 12.4. The second kappa shape index (κ2) is 5.44. The number of unbranched alkanes of at least 4 members (excludes halogenated alkanes) is 1. The first-order chi connectivity index (χ1) is 8.90. The molecule has 18 heavy (non-hydrogen) atoms. The van der Waals surface area contributed by atoms with Gasteiger partial charge in [-0.25, -0.2) is 0 Å². The summed E-state index contributed by atoms with van der Waals surface area (Å²) in [7, 11) is 0. The predicted octanol–water partition coefficient (Wildman–Crippen LogP) is 4.31. The summed E-state index contributed by atoms with van der Waals surface area (Å²) in [5.74, 6) is 1.84. The number of nitrogens with one attached hydrogen (secondary N) is 1. The summed E-state index contributed by atoms with van der Waals surface area (Å²) in [6.07, 6.45) is 8.41. The zero-order valence-corrected chi connectivity index (χ0v) is 11.4. The summed E-state index contributed by atoms with van der Waals surface area (Å²) in [6, 6.07) is 12.5. The molecule has 1 aromatic rings. The molecular formula is C17H25N. The van der Waals surface area contributed by atoms with Crippen molar-refractivity contribution in [3.8, 4) is 0 Å². The highest BCUT2D eigenvalue weighted by Crippen LogP contribution is 2.48. The van der Waals surface area contributed by atoms with Crippen LogP contribution in [-0.4, -0.2) is 6.04 Å². The van der Waals surface area contributed by atoms with E-state index in [2.05, 4.69) is 42.6 Å². The minimum Gasteiger partial charge on any atom is -0.307 e. The fourth-order valence-electron chi connectivity index (χ4n) is 4.13. The SMILES string of the molecule is CCCC[C@@H]1N[C@H](c2ccccc2)[C@H]2CCC[C@H]21. The van der Waals surface area contributed by atoms with Gasteiger partial charge in [-0.05, 0) is 36.7 Å². The van der Waals surface area contributed by atoms with Gasteiger partial charge in [-0.2, -0.15) is 0 Å². The van der Waals surface area contributed by atoms with E-state index in [0.717, 1.165) is 17.9 Å². The van der Waals surface area contributed by atoms with Gasteiger partial charge in [-0.1, -0.05) is 56.5 Å². The van der Waals surface area contributed by atoms with Gasteiger partial charge < -0.3 is 5.32 Å². The third kappa shape index (κ3) is 2.21. The fraction of sp³-hybridized carbons (Fsp3) is 0.647. The van der Waals surface area contributed by atoms with E-state index in [1.807, 2.05) is 0 Å². The highest BCUT2D eigenvalue weighted by Gasteiger charge is 2.44. The molecular weight excluding hydrogens is 218 g/mol. The van der Waals surface area contributed by atoms with Gasteiger partial charge in [0, 0.05) is 12.1 Å². The maximum Gasteiger partial charge on any atom is 0.0354 e. The van der Waals surface area contributed by atoms with Crippen LogP contribution in [0.3, 0.4) is 0 Å². The molecule has 1 aromatic carbocycles. The summed E-state index contributed by atoms with van der Waals surface area (Å²) in [6.45, 7) is 2.30. The fourth-order valence-corrected chi connectivity index (χ4v) is 4.13. The zero-order valence-electron chi connectivity index (χ0n) is 11.4. The van der Waals surface area contributed by atoms with Gasteiger partial charge in [0.05, 0.1) is 0 Å². The van der Waals surface area contributed by atoms with Crippen molar-refractivity contribution in [3.05, 3.63) is 35.9 Å². The molecule has 1 saturated carbocycles. The monoisotopic (exact) mass is 243 g/mol. The summed E-state index contributed by atoms with van der Waals surface area (Å²) >= 11 is 0. The van der Waals surface area contributed by atoms with Crippen molar-refractivity contribution in [2.24, 2.45) is 11.8 Å². The number of benzene rings is 1. The van der Waals surface area contributed by atoms with Crippen molar-refractivity contribution in [2.75, 3.05) is 0 Å². The Morgan fingerprint density at radius 2 is 1.89 bits per heavy atom. The number of hydrogen-bond donors (Lipinski definition) is 1. The molecule has 0 spiro atoms. The first-order valence-electron chi connectivity index (χ1n) is 7.71. The smallest absolute Gasteiger partial charge is 0.0354 e. The highest BCUT2D eigenvalue weighted by atomic mass is 15.0. The van der Waals surface area contributed by atoms with E-state index in [0.29, 0.717) is 6.04 Å². The van der Waals surface area contributed by atoms with Crippen molar-refractivity contribution in [1.29, 1.82) is 0 Å². The Kier molecular flexibility index (Phi) is 3.69. The number of fused-ring (bicyclic) bond motifs is 1. The van der Waals surface area contributed by atoms with Gasteiger partial charge in [0.15, 0.2) is 0 Å². The molecule has 0 radical (unpaired) electrons. The van der Waals surface area contributed by atoms with E-state index in [9.17, 15) is 0 Å². The lowest BCUT2D eigenvalue weighted by Gasteiger charge is -2.18. The van der Waals surface area contributed by atoms with Crippen LogP contribution >= 0.6 is 0 Å². The first-order valence-corrected chi connectivity index (χ1v) is 7.71. The summed E-state index contributed by atoms with van der Waals surface area (Å²) in [4.78, 5) is 0. The lowest BCUT2D eigenvalue weighted by Crippen LogP contribution is -2.28. The van der Waals surface area contributed by atoms with Crippen molar-refractivity contribution < 1.29 is 0 Å².